The molecule has 0 saturated carbocycles. The maximum Gasteiger partial charge on any atom is 0.326 e. The zero-order valence-corrected chi connectivity index (χ0v) is 12.4. The van der Waals surface area contributed by atoms with Crippen LogP contribution in [0.25, 0.3) is 21.5 Å². The molecule has 1 N–H and O–H groups in total. The number of aromatic nitrogens is 1. The van der Waals surface area contributed by atoms with E-state index in [2.05, 4.69) is 6.07 Å². The summed E-state index contributed by atoms with van der Waals surface area (Å²) in [6.45, 7) is 3.70. The van der Waals surface area contributed by atoms with Gasteiger partial charge in [-0.05, 0) is 28.8 Å². The number of nitriles is 1. The fourth-order valence-corrected chi connectivity index (χ4v) is 2.99. The summed E-state index contributed by atoms with van der Waals surface area (Å²) in [6, 6.07) is 13.3. The minimum Gasteiger partial charge on any atom is -0.480 e. The van der Waals surface area contributed by atoms with E-state index >= 15 is 0 Å². The van der Waals surface area contributed by atoms with Crippen molar-refractivity contribution in [1.29, 1.82) is 5.26 Å². The first-order chi connectivity index (χ1) is 10.5. The van der Waals surface area contributed by atoms with Crippen LogP contribution in [-0.2, 0) is 4.79 Å². The predicted molar refractivity (Wildman–Crippen MR) is 85.7 cm³/mol. The van der Waals surface area contributed by atoms with Gasteiger partial charge in [0.2, 0.25) is 0 Å². The van der Waals surface area contributed by atoms with Crippen LogP contribution in [0.4, 0.5) is 0 Å². The van der Waals surface area contributed by atoms with Crippen LogP contribution in [0.1, 0.15) is 25.6 Å². The molecule has 4 heteroatoms. The lowest BCUT2D eigenvalue weighted by molar-refractivity contribution is -0.142. The summed E-state index contributed by atoms with van der Waals surface area (Å²) < 4.78 is 1.59. The van der Waals surface area contributed by atoms with Gasteiger partial charge in [-0.15, -0.1) is 0 Å². The summed E-state index contributed by atoms with van der Waals surface area (Å²) in [5.74, 6) is -1.03. The second-order valence-electron chi connectivity index (χ2n) is 5.81. The Morgan fingerprint density at radius 1 is 1.18 bits per heavy atom. The number of fused-ring (bicyclic) bond motifs is 2. The van der Waals surface area contributed by atoms with E-state index in [9.17, 15) is 15.2 Å². The van der Waals surface area contributed by atoms with E-state index in [1.165, 1.54) is 0 Å². The molecule has 4 nitrogen and oxygen atoms in total. The molecule has 0 aliphatic rings. The first kappa shape index (κ1) is 14.2. The number of carbonyl (C=O) groups is 1. The molecular formula is C18H16N2O2. The lowest BCUT2D eigenvalue weighted by Crippen LogP contribution is -2.24. The Hall–Kier alpha value is -2.80. The van der Waals surface area contributed by atoms with Crippen LogP contribution in [0, 0.1) is 17.2 Å². The lowest BCUT2D eigenvalue weighted by atomic mass is 10.0. The van der Waals surface area contributed by atoms with Crippen LogP contribution in [0.3, 0.4) is 0 Å². The average Bonchev–Trinajstić information content (AvgIpc) is 2.80. The molecule has 110 valence electrons. The summed E-state index contributed by atoms with van der Waals surface area (Å²) in [4.78, 5) is 11.6. The Kier molecular flexibility index (Phi) is 3.34. The monoisotopic (exact) mass is 292 g/mol. The van der Waals surface area contributed by atoms with Crippen molar-refractivity contribution in [2.24, 2.45) is 5.92 Å². The highest BCUT2D eigenvalue weighted by Crippen LogP contribution is 2.31. The smallest absolute Gasteiger partial charge is 0.326 e. The maximum atomic E-state index is 11.6. The van der Waals surface area contributed by atoms with Gasteiger partial charge in [-0.1, -0.05) is 38.1 Å². The molecule has 0 spiro atoms. The molecule has 0 aliphatic heterocycles. The molecular weight excluding hydrogens is 276 g/mol. The van der Waals surface area contributed by atoms with Crippen molar-refractivity contribution in [3.63, 3.8) is 0 Å². The number of rotatable bonds is 3. The van der Waals surface area contributed by atoms with Gasteiger partial charge in [0.15, 0.2) is 0 Å². The van der Waals surface area contributed by atoms with Gasteiger partial charge >= 0.3 is 5.97 Å². The molecule has 1 atom stereocenters. The van der Waals surface area contributed by atoms with Crippen LogP contribution < -0.4 is 0 Å². The van der Waals surface area contributed by atoms with Crippen molar-refractivity contribution < 1.29 is 9.90 Å². The number of carboxylic acid groups (broad SMARTS) is 1. The third kappa shape index (κ3) is 2.11. The topological polar surface area (TPSA) is 66.0 Å². The summed E-state index contributed by atoms with van der Waals surface area (Å²) >= 11 is 0. The Morgan fingerprint density at radius 2 is 1.82 bits per heavy atom. The van der Waals surface area contributed by atoms with E-state index in [1.54, 1.807) is 10.8 Å². The van der Waals surface area contributed by atoms with Gasteiger partial charge in [0.1, 0.15) is 17.8 Å². The third-order valence-electron chi connectivity index (χ3n) is 4.00. The quantitative estimate of drug-likeness (QED) is 0.795. The average molecular weight is 292 g/mol. The van der Waals surface area contributed by atoms with Crippen molar-refractivity contribution in [2.75, 3.05) is 0 Å². The first-order valence-corrected chi connectivity index (χ1v) is 7.19. The summed E-state index contributed by atoms with van der Waals surface area (Å²) in [7, 11) is 0. The molecule has 0 saturated heterocycles. The van der Waals surface area contributed by atoms with Crippen LogP contribution in [0.2, 0.25) is 0 Å². The molecule has 0 aliphatic carbocycles. The van der Waals surface area contributed by atoms with Crippen LogP contribution in [-0.4, -0.2) is 15.6 Å². The first-order valence-electron chi connectivity index (χ1n) is 7.19. The van der Waals surface area contributed by atoms with Gasteiger partial charge in [0.05, 0.1) is 0 Å². The largest absolute Gasteiger partial charge is 0.480 e. The second kappa shape index (κ2) is 5.19. The van der Waals surface area contributed by atoms with Crippen molar-refractivity contribution >= 4 is 27.5 Å². The van der Waals surface area contributed by atoms with Gasteiger partial charge in [0.25, 0.3) is 0 Å². The predicted octanol–water partition coefficient (Wildman–Crippen LogP) is 3.95. The third-order valence-corrected chi connectivity index (χ3v) is 4.00. The SMILES string of the molecule is CC(C)[C@@H](C(=O)O)n1cc2cc3ccccc3cc2c1C#N. The Labute approximate surface area is 128 Å². The fraction of sp³-hybridized carbons (Fsp3) is 0.222. The van der Waals surface area contributed by atoms with Crippen LogP contribution >= 0.6 is 0 Å². The van der Waals surface area contributed by atoms with Gasteiger partial charge < -0.3 is 9.67 Å². The highest BCUT2D eigenvalue weighted by molar-refractivity contribution is 6.00. The summed E-state index contributed by atoms with van der Waals surface area (Å²) in [5.41, 5.74) is 0.404. The lowest BCUT2D eigenvalue weighted by Gasteiger charge is -2.19. The van der Waals surface area contributed by atoms with Gasteiger partial charge in [-0.2, -0.15) is 5.26 Å². The molecule has 1 heterocycles. The molecule has 0 fully saturated rings. The summed E-state index contributed by atoms with van der Waals surface area (Å²) in [6.07, 6.45) is 1.78. The molecule has 1 aromatic heterocycles. The van der Waals surface area contributed by atoms with Crippen molar-refractivity contribution in [2.45, 2.75) is 19.9 Å². The number of nitrogens with zero attached hydrogens (tertiary/aromatic N) is 2. The van der Waals surface area contributed by atoms with Gasteiger partial charge in [-0.3, -0.25) is 0 Å². The normalized spacial score (nSPS) is 12.6. The Bertz CT molecular complexity index is 916. The molecule has 3 rings (SSSR count). The minimum absolute atomic E-state index is 0.110. The van der Waals surface area contributed by atoms with Crippen molar-refractivity contribution in [1.82, 2.24) is 4.57 Å². The van der Waals surface area contributed by atoms with Crippen LogP contribution in [0.15, 0.2) is 42.6 Å². The van der Waals surface area contributed by atoms with E-state index < -0.39 is 12.0 Å². The zero-order chi connectivity index (χ0) is 15.9. The molecule has 0 radical (unpaired) electrons. The fourth-order valence-electron chi connectivity index (χ4n) is 2.99. The number of aliphatic carboxylic acids is 1. The molecule has 0 bridgehead atoms. The molecule has 0 amide bonds. The number of hydrogen-bond donors (Lipinski definition) is 1. The van der Waals surface area contributed by atoms with Gasteiger partial charge in [0, 0.05) is 17.0 Å². The standard InChI is InChI=1S/C18H16N2O2/c1-11(2)17(18(21)22)20-10-14-7-12-5-3-4-6-13(12)8-15(14)16(20)9-19/h3-8,10-11,17H,1-2H3,(H,21,22)/t17-/m0/s1. The highest BCUT2D eigenvalue weighted by Gasteiger charge is 2.26. The molecule has 2 aromatic carbocycles. The molecule has 22 heavy (non-hydrogen) atoms. The summed E-state index contributed by atoms with van der Waals surface area (Å²) in [5, 5.41) is 22.8. The van der Waals surface area contributed by atoms with E-state index in [1.807, 2.05) is 50.2 Å². The number of hydrogen-bond acceptors (Lipinski definition) is 2. The van der Waals surface area contributed by atoms with Crippen molar-refractivity contribution in [3.8, 4) is 6.07 Å². The van der Waals surface area contributed by atoms with Gasteiger partial charge in [-0.25, -0.2) is 4.79 Å². The second-order valence-corrected chi connectivity index (χ2v) is 5.81. The Morgan fingerprint density at radius 3 is 2.36 bits per heavy atom. The Balaban J connectivity index is 2.34. The molecule has 3 aromatic rings. The minimum atomic E-state index is -0.920. The maximum absolute atomic E-state index is 11.6. The zero-order valence-electron chi connectivity index (χ0n) is 12.4. The number of carboxylic acids is 1. The van der Waals surface area contributed by atoms with Crippen molar-refractivity contribution in [3.05, 3.63) is 48.3 Å². The molecule has 0 unspecified atom stereocenters. The number of benzene rings is 2. The van der Waals surface area contributed by atoms with E-state index in [0.29, 0.717) is 5.69 Å². The van der Waals surface area contributed by atoms with E-state index in [-0.39, 0.29) is 5.92 Å². The highest BCUT2D eigenvalue weighted by atomic mass is 16.4. The van der Waals surface area contributed by atoms with E-state index in [0.717, 1.165) is 21.5 Å². The van der Waals surface area contributed by atoms with E-state index in [4.69, 9.17) is 0 Å². The van der Waals surface area contributed by atoms with Crippen LogP contribution in [0.5, 0.6) is 0 Å².